The summed E-state index contributed by atoms with van der Waals surface area (Å²) in [4.78, 5) is 23.0. The second-order valence-corrected chi connectivity index (χ2v) is 6.11. The summed E-state index contributed by atoms with van der Waals surface area (Å²) in [5.41, 5.74) is 0.973. The van der Waals surface area contributed by atoms with Gasteiger partial charge < -0.3 is 9.64 Å². The average molecular weight is 289 g/mol. The summed E-state index contributed by atoms with van der Waals surface area (Å²) in [6.45, 7) is 2.86. The van der Waals surface area contributed by atoms with Crippen molar-refractivity contribution >= 4 is 5.91 Å². The molecule has 1 aromatic rings. The molecule has 114 valence electrons. The van der Waals surface area contributed by atoms with Crippen molar-refractivity contribution < 1.29 is 9.53 Å². The minimum absolute atomic E-state index is 0.250. The fourth-order valence-electron chi connectivity index (χ4n) is 3.37. The Labute approximate surface area is 125 Å². The van der Waals surface area contributed by atoms with Gasteiger partial charge in [-0.05, 0) is 19.3 Å². The summed E-state index contributed by atoms with van der Waals surface area (Å²) >= 11 is 0. The van der Waals surface area contributed by atoms with Gasteiger partial charge in [0, 0.05) is 43.5 Å². The maximum absolute atomic E-state index is 12.6. The number of hydrogen-bond acceptors (Lipinski definition) is 4. The lowest BCUT2D eigenvalue weighted by molar-refractivity contribution is -0.135. The van der Waals surface area contributed by atoms with E-state index >= 15 is 0 Å². The SMILES string of the molecule is O=C(C1CCCC1)N1CCOC[C@@H](Cc2cnccn2)C1. The van der Waals surface area contributed by atoms with E-state index in [4.69, 9.17) is 4.74 Å². The van der Waals surface area contributed by atoms with Gasteiger partial charge in [-0.1, -0.05) is 12.8 Å². The van der Waals surface area contributed by atoms with E-state index in [1.165, 1.54) is 12.8 Å². The fraction of sp³-hybridized carbons (Fsp3) is 0.688. The van der Waals surface area contributed by atoms with Crippen molar-refractivity contribution in [1.29, 1.82) is 0 Å². The quantitative estimate of drug-likeness (QED) is 0.849. The third-order valence-corrected chi connectivity index (χ3v) is 4.47. The van der Waals surface area contributed by atoms with Crippen molar-refractivity contribution in [3.05, 3.63) is 24.3 Å². The predicted octanol–water partition coefficient (Wildman–Crippen LogP) is 1.68. The number of hydrogen-bond donors (Lipinski definition) is 0. The zero-order valence-corrected chi connectivity index (χ0v) is 12.4. The van der Waals surface area contributed by atoms with Crippen molar-refractivity contribution in [3.63, 3.8) is 0 Å². The topological polar surface area (TPSA) is 55.3 Å². The molecule has 0 bridgehead atoms. The largest absolute Gasteiger partial charge is 0.379 e. The monoisotopic (exact) mass is 289 g/mol. The molecule has 0 N–H and O–H groups in total. The zero-order valence-electron chi connectivity index (χ0n) is 12.4. The third-order valence-electron chi connectivity index (χ3n) is 4.47. The zero-order chi connectivity index (χ0) is 14.5. The van der Waals surface area contributed by atoms with Crippen LogP contribution in [0, 0.1) is 11.8 Å². The minimum atomic E-state index is 0.250. The van der Waals surface area contributed by atoms with Crippen LogP contribution in [0.1, 0.15) is 31.4 Å². The van der Waals surface area contributed by atoms with Crippen molar-refractivity contribution in [3.8, 4) is 0 Å². The number of rotatable bonds is 3. The van der Waals surface area contributed by atoms with E-state index in [0.717, 1.165) is 38.0 Å². The van der Waals surface area contributed by atoms with E-state index in [2.05, 4.69) is 9.97 Å². The molecule has 5 nitrogen and oxygen atoms in total. The second kappa shape index (κ2) is 6.98. The Kier molecular flexibility index (Phi) is 4.80. The summed E-state index contributed by atoms with van der Waals surface area (Å²) in [6, 6.07) is 0. The summed E-state index contributed by atoms with van der Waals surface area (Å²) in [5.74, 6) is 0.900. The highest BCUT2D eigenvalue weighted by atomic mass is 16.5. The van der Waals surface area contributed by atoms with Crippen molar-refractivity contribution in [2.75, 3.05) is 26.3 Å². The lowest BCUT2D eigenvalue weighted by Crippen LogP contribution is -2.39. The Bertz CT molecular complexity index is 460. The minimum Gasteiger partial charge on any atom is -0.379 e. The number of nitrogens with zero attached hydrogens (tertiary/aromatic N) is 3. The van der Waals surface area contributed by atoms with Crippen LogP contribution in [0.3, 0.4) is 0 Å². The molecule has 1 aromatic heterocycles. The molecule has 2 heterocycles. The Balaban J connectivity index is 1.61. The number of aromatic nitrogens is 2. The van der Waals surface area contributed by atoms with Crippen LogP contribution in [0.15, 0.2) is 18.6 Å². The highest BCUT2D eigenvalue weighted by Crippen LogP contribution is 2.27. The van der Waals surface area contributed by atoms with Crippen molar-refractivity contribution in [2.45, 2.75) is 32.1 Å². The molecule has 1 atom stereocenters. The second-order valence-electron chi connectivity index (χ2n) is 6.11. The first kappa shape index (κ1) is 14.4. The van der Waals surface area contributed by atoms with Gasteiger partial charge in [-0.2, -0.15) is 0 Å². The summed E-state index contributed by atoms with van der Waals surface area (Å²) in [5, 5.41) is 0. The van der Waals surface area contributed by atoms with Gasteiger partial charge in [-0.3, -0.25) is 14.8 Å². The molecule has 21 heavy (non-hydrogen) atoms. The molecule has 1 aliphatic heterocycles. The van der Waals surface area contributed by atoms with Gasteiger partial charge in [0.05, 0.1) is 18.9 Å². The molecule has 3 rings (SSSR count). The smallest absolute Gasteiger partial charge is 0.225 e. The van der Waals surface area contributed by atoms with Gasteiger partial charge in [-0.15, -0.1) is 0 Å². The maximum atomic E-state index is 12.6. The summed E-state index contributed by atoms with van der Waals surface area (Å²) in [6.07, 6.45) is 10.5. The number of amides is 1. The normalized spacial score (nSPS) is 24.0. The van der Waals surface area contributed by atoms with Crippen LogP contribution in [0.2, 0.25) is 0 Å². The first-order chi connectivity index (χ1) is 10.3. The Morgan fingerprint density at radius 2 is 2.19 bits per heavy atom. The standard InChI is InChI=1S/C16H23N3O2/c20-16(14-3-1-2-4-14)19-7-8-21-12-13(11-19)9-15-10-17-5-6-18-15/h5-6,10,13-14H,1-4,7-9,11-12H2/t13-/m0/s1. The first-order valence-electron chi connectivity index (χ1n) is 7.94. The predicted molar refractivity (Wildman–Crippen MR) is 78.6 cm³/mol. The van der Waals surface area contributed by atoms with Gasteiger partial charge in [-0.25, -0.2) is 0 Å². The molecule has 1 saturated heterocycles. The Hall–Kier alpha value is -1.49. The van der Waals surface area contributed by atoms with Crippen molar-refractivity contribution in [2.24, 2.45) is 11.8 Å². The fourth-order valence-corrected chi connectivity index (χ4v) is 3.37. The Morgan fingerprint density at radius 1 is 1.33 bits per heavy atom. The van der Waals surface area contributed by atoms with E-state index in [-0.39, 0.29) is 5.92 Å². The first-order valence-corrected chi connectivity index (χ1v) is 7.94. The van der Waals surface area contributed by atoms with Crippen LogP contribution in [-0.4, -0.2) is 47.1 Å². The lowest BCUT2D eigenvalue weighted by Gasteiger charge is -2.26. The summed E-state index contributed by atoms with van der Waals surface area (Å²) < 4.78 is 5.68. The molecular formula is C16H23N3O2. The molecular weight excluding hydrogens is 266 g/mol. The molecule has 1 saturated carbocycles. The van der Waals surface area contributed by atoms with E-state index in [9.17, 15) is 4.79 Å². The molecule has 1 amide bonds. The molecule has 1 aliphatic carbocycles. The highest BCUT2D eigenvalue weighted by Gasteiger charge is 2.30. The number of carbonyl (C=O) groups excluding carboxylic acids is 1. The van der Waals surface area contributed by atoms with E-state index in [1.54, 1.807) is 18.6 Å². The van der Waals surface area contributed by atoms with Crippen LogP contribution in [-0.2, 0) is 16.0 Å². The Morgan fingerprint density at radius 3 is 2.95 bits per heavy atom. The van der Waals surface area contributed by atoms with Crippen molar-refractivity contribution in [1.82, 2.24) is 14.9 Å². The molecule has 2 aliphatic rings. The maximum Gasteiger partial charge on any atom is 0.225 e. The summed E-state index contributed by atoms with van der Waals surface area (Å²) in [7, 11) is 0. The van der Waals surface area contributed by atoms with E-state index in [1.807, 2.05) is 4.90 Å². The highest BCUT2D eigenvalue weighted by molar-refractivity contribution is 5.79. The van der Waals surface area contributed by atoms with E-state index < -0.39 is 0 Å². The van der Waals surface area contributed by atoms with Crippen LogP contribution >= 0.6 is 0 Å². The van der Waals surface area contributed by atoms with Crippen LogP contribution < -0.4 is 0 Å². The molecule has 5 heteroatoms. The molecule has 0 spiro atoms. The van der Waals surface area contributed by atoms with Gasteiger partial charge >= 0.3 is 0 Å². The average Bonchev–Trinajstić information content (AvgIpc) is 2.95. The number of carbonyl (C=O) groups is 1. The molecule has 0 radical (unpaired) electrons. The van der Waals surface area contributed by atoms with E-state index in [0.29, 0.717) is 25.0 Å². The van der Waals surface area contributed by atoms with Crippen LogP contribution in [0.25, 0.3) is 0 Å². The van der Waals surface area contributed by atoms with Gasteiger partial charge in [0.15, 0.2) is 0 Å². The third kappa shape index (κ3) is 3.79. The van der Waals surface area contributed by atoms with Crippen LogP contribution in [0.5, 0.6) is 0 Å². The lowest BCUT2D eigenvalue weighted by atomic mass is 10.0. The number of ether oxygens (including phenoxy) is 1. The van der Waals surface area contributed by atoms with Gasteiger partial charge in [0.1, 0.15) is 0 Å². The van der Waals surface area contributed by atoms with Gasteiger partial charge in [0.25, 0.3) is 0 Å². The van der Waals surface area contributed by atoms with Gasteiger partial charge in [0.2, 0.25) is 5.91 Å². The van der Waals surface area contributed by atoms with Crippen LogP contribution in [0.4, 0.5) is 0 Å². The molecule has 0 aromatic carbocycles. The molecule has 2 fully saturated rings. The molecule has 0 unspecified atom stereocenters.